The van der Waals surface area contributed by atoms with Gasteiger partial charge in [-0.3, -0.25) is 4.98 Å². The Morgan fingerprint density at radius 2 is 1.95 bits per heavy atom. The van der Waals surface area contributed by atoms with Gasteiger partial charge in [-0.15, -0.1) is 0 Å². The highest BCUT2D eigenvalue weighted by molar-refractivity contribution is 5.85. The van der Waals surface area contributed by atoms with Crippen molar-refractivity contribution in [1.29, 1.82) is 0 Å². The SMILES string of the molecule is CC(O)c1ccccc1NCc1cccc2cnccc12. The fourth-order valence-electron chi connectivity index (χ4n) is 2.56. The van der Waals surface area contributed by atoms with E-state index >= 15 is 0 Å². The quantitative estimate of drug-likeness (QED) is 0.760. The lowest BCUT2D eigenvalue weighted by Crippen LogP contribution is -2.04. The van der Waals surface area contributed by atoms with Gasteiger partial charge in [-0.05, 0) is 30.0 Å². The molecular weight excluding hydrogens is 260 g/mol. The van der Waals surface area contributed by atoms with Crippen LogP contribution in [0.15, 0.2) is 60.9 Å². The van der Waals surface area contributed by atoms with E-state index in [1.165, 1.54) is 10.9 Å². The van der Waals surface area contributed by atoms with Crippen LogP contribution in [-0.4, -0.2) is 10.1 Å². The lowest BCUT2D eigenvalue weighted by Gasteiger charge is -2.14. The van der Waals surface area contributed by atoms with Crippen LogP contribution in [0.5, 0.6) is 0 Å². The zero-order valence-electron chi connectivity index (χ0n) is 12.0. The van der Waals surface area contributed by atoms with Crippen LogP contribution >= 0.6 is 0 Å². The van der Waals surface area contributed by atoms with E-state index in [2.05, 4.69) is 22.4 Å². The first-order chi connectivity index (χ1) is 10.3. The summed E-state index contributed by atoms with van der Waals surface area (Å²) < 4.78 is 0. The summed E-state index contributed by atoms with van der Waals surface area (Å²) in [6, 6.07) is 16.1. The van der Waals surface area contributed by atoms with E-state index < -0.39 is 6.10 Å². The van der Waals surface area contributed by atoms with Crippen molar-refractivity contribution in [2.45, 2.75) is 19.6 Å². The fourth-order valence-corrected chi connectivity index (χ4v) is 2.56. The second kappa shape index (κ2) is 5.94. The number of fused-ring (bicyclic) bond motifs is 1. The van der Waals surface area contributed by atoms with Crippen molar-refractivity contribution in [3.63, 3.8) is 0 Å². The summed E-state index contributed by atoms with van der Waals surface area (Å²) in [4.78, 5) is 4.16. The molecule has 21 heavy (non-hydrogen) atoms. The van der Waals surface area contributed by atoms with Crippen molar-refractivity contribution in [2.75, 3.05) is 5.32 Å². The third kappa shape index (κ3) is 2.88. The van der Waals surface area contributed by atoms with Crippen molar-refractivity contribution < 1.29 is 5.11 Å². The average Bonchev–Trinajstić information content (AvgIpc) is 2.53. The summed E-state index contributed by atoms with van der Waals surface area (Å²) in [5, 5.41) is 15.6. The number of rotatable bonds is 4. The first-order valence-corrected chi connectivity index (χ1v) is 7.08. The number of pyridine rings is 1. The Morgan fingerprint density at radius 3 is 2.81 bits per heavy atom. The van der Waals surface area contributed by atoms with E-state index in [9.17, 15) is 5.11 Å². The predicted molar refractivity (Wildman–Crippen MR) is 86.1 cm³/mol. The molecule has 0 fully saturated rings. The Labute approximate surface area is 124 Å². The number of para-hydroxylation sites is 1. The number of hydrogen-bond donors (Lipinski definition) is 2. The van der Waals surface area contributed by atoms with Crippen molar-refractivity contribution in [1.82, 2.24) is 4.98 Å². The van der Waals surface area contributed by atoms with E-state index in [1.807, 2.05) is 48.8 Å². The maximum absolute atomic E-state index is 9.83. The molecule has 0 saturated heterocycles. The van der Waals surface area contributed by atoms with Crippen LogP contribution < -0.4 is 5.32 Å². The van der Waals surface area contributed by atoms with Crippen molar-refractivity contribution in [2.24, 2.45) is 0 Å². The first kappa shape index (κ1) is 13.6. The summed E-state index contributed by atoms with van der Waals surface area (Å²) in [7, 11) is 0. The molecule has 3 heteroatoms. The minimum Gasteiger partial charge on any atom is -0.389 e. The van der Waals surface area contributed by atoms with E-state index in [-0.39, 0.29) is 0 Å². The maximum atomic E-state index is 9.83. The second-order valence-electron chi connectivity index (χ2n) is 5.13. The summed E-state index contributed by atoms with van der Waals surface area (Å²) in [5.74, 6) is 0. The van der Waals surface area contributed by atoms with Crippen LogP contribution in [0.4, 0.5) is 5.69 Å². The number of aliphatic hydroxyl groups excluding tert-OH is 1. The Bertz CT molecular complexity index is 748. The first-order valence-electron chi connectivity index (χ1n) is 7.08. The predicted octanol–water partition coefficient (Wildman–Crippen LogP) is 3.90. The van der Waals surface area contributed by atoms with Gasteiger partial charge >= 0.3 is 0 Å². The Balaban J connectivity index is 1.87. The lowest BCUT2D eigenvalue weighted by molar-refractivity contribution is 0.200. The van der Waals surface area contributed by atoms with Gasteiger partial charge < -0.3 is 10.4 Å². The molecule has 3 aromatic rings. The highest BCUT2D eigenvalue weighted by atomic mass is 16.3. The van der Waals surface area contributed by atoms with Gasteiger partial charge in [0.1, 0.15) is 0 Å². The number of aliphatic hydroxyl groups is 1. The largest absolute Gasteiger partial charge is 0.389 e. The molecule has 0 saturated carbocycles. The average molecular weight is 278 g/mol. The van der Waals surface area contributed by atoms with E-state index in [0.717, 1.165) is 16.6 Å². The number of nitrogens with one attached hydrogen (secondary N) is 1. The van der Waals surface area contributed by atoms with E-state index in [4.69, 9.17) is 0 Å². The van der Waals surface area contributed by atoms with Crippen LogP contribution in [0.2, 0.25) is 0 Å². The van der Waals surface area contributed by atoms with Gasteiger partial charge in [0.2, 0.25) is 0 Å². The molecule has 0 spiro atoms. The van der Waals surface area contributed by atoms with E-state index in [1.54, 1.807) is 6.92 Å². The molecule has 0 aliphatic heterocycles. The van der Waals surface area contributed by atoms with Gasteiger partial charge in [-0.25, -0.2) is 0 Å². The van der Waals surface area contributed by atoms with Gasteiger partial charge in [0.25, 0.3) is 0 Å². The molecule has 0 amide bonds. The highest BCUT2D eigenvalue weighted by Gasteiger charge is 2.07. The maximum Gasteiger partial charge on any atom is 0.0781 e. The molecule has 0 radical (unpaired) electrons. The molecule has 3 rings (SSSR count). The highest BCUT2D eigenvalue weighted by Crippen LogP contribution is 2.24. The van der Waals surface area contributed by atoms with Crippen LogP contribution in [0.1, 0.15) is 24.2 Å². The minimum atomic E-state index is -0.481. The zero-order valence-corrected chi connectivity index (χ0v) is 12.0. The summed E-state index contributed by atoms with van der Waals surface area (Å²) in [6.45, 7) is 2.50. The molecular formula is C18H18N2O. The molecule has 0 bridgehead atoms. The number of hydrogen-bond acceptors (Lipinski definition) is 3. The van der Waals surface area contributed by atoms with Gasteiger partial charge in [0.15, 0.2) is 0 Å². The summed E-state index contributed by atoms with van der Waals surface area (Å²) in [6.07, 6.45) is 3.21. The van der Waals surface area contributed by atoms with Crippen molar-refractivity contribution in [3.8, 4) is 0 Å². The molecule has 0 aliphatic carbocycles. The topological polar surface area (TPSA) is 45.1 Å². The van der Waals surface area contributed by atoms with Gasteiger partial charge in [0, 0.05) is 35.6 Å². The lowest BCUT2D eigenvalue weighted by atomic mass is 10.1. The molecule has 106 valence electrons. The number of nitrogens with zero attached hydrogens (tertiary/aromatic N) is 1. The van der Waals surface area contributed by atoms with Crippen molar-refractivity contribution >= 4 is 16.5 Å². The molecule has 1 atom stereocenters. The standard InChI is InChI=1S/C18H18N2O/c1-13(21)16-7-2-3-8-18(16)20-12-15-6-4-5-14-11-19-10-9-17(14)15/h2-11,13,20-21H,12H2,1H3. The monoisotopic (exact) mass is 278 g/mol. The van der Waals surface area contributed by atoms with E-state index in [0.29, 0.717) is 6.54 Å². The number of anilines is 1. The Hall–Kier alpha value is -2.39. The Morgan fingerprint density at radius 1 is 1.10 bits per heavy atom. The molecule has 2 aromatic carbocycles. The smallest absolute Gasteiger partial charge is 0.0781 e. The number of benzene rings is 2. The van der Waals surface area contributed by atoms with Gasteiger partial charge in [0.05, 0.1) is 6.10 Å². The molecule has 3 nitrogen and oxygen atoms in total. The molecule has 1 aromatic heterocycles. The normalized spacial score (nSPS) is 12.3. The summed E-state index contributed by atoms with van der Waals surface area (Å²) in [5.41, 5.74) is 3.10. The number of aromatic nitrogens is 1. The van der Waals surface area contributed by atoms with Gasteiger partial charge in [-0.2, -0.15) is 0 Å². The van der Waals surface area contributed by atoms with Crippen LogP contribution in [0.25, 0.3) is 10.8 Å². The zero-order chi connectivity index (χ0) is 14.7. The van der Waals surface area contributed by atoms with Crippen LogP contribution in [0, 0.1) is 0 Å². The second-order valence-corrected chi connectivity index (χ2v) is 5.13. The van der Waals surface area contributed by atoms with Crippen molar-refractivity contribution in [3.05, 3.63) is 72.1 Å². The molecule has 2 N–H and O–H groups in total. The van der Waals surface area contributed by atoms with Crippen LogP contribution in [0.3, 0.4) is 0 Å². The van der Waals surface area contributed by atoms with Gasteiger partial charge in [-0.1, -0.05) is 36.4 Å². The molecule has 1 heterocycles. The third-order valence-electron chi connectivity index (χ3n) is 3.65. The fraction of sp³-hybridized carbons (Fsp3) is 0.167. The summed E-state index contributed by atoms with van der Waals surface area (Å²) >= 11 is 0. The molecule has 1 unspecified atom stereocenters. The molecule has 0 aliphatic rings. The minimum absolute atomic E-state index is 0.481. The van der Waals surface area contributed by atoms with Crippen LogP contribution in [-0.2, 0) is 6.54 Å². The Kier molecular flexibility index (Phi) is 3.84. The third-order valence-corrected chi connectivity index (χ3v) is 3.65.